The summed E-state index contributed by atoms with van der Waals surface area (Å²) in [6, 6.07) is 11.7. The van der Waals surface area contributed by atoms with Gasteiger partial charge in [-0.05, 0) is 83.4 Å². The van der Waals surface area contributed by atoms with Crippen LogP contribution in [-0.4, -0.2) is 36.5 Å². The maximum atomic E-state index is 7.67. The number of ether oxygens (including phenoxy) is 2. The number of hydrogen-bond donors (Lipinski definition) is 0. The van der Waals surface area contributed by atoms with Gasteiger partial charge in [-0.2, -0.15) is 0 Å². The van der Waals surface area contributed by atoms with Crippen LogP contribution < -0.4 is 4.74 Å². The third-order valence-electron chi connectivity index (χ3n) is 10.0. The number of methoxy groups -OCH3 is 1. The van der Waals surface area contributed by atoms with E-state index in [0.717, 1.165) is 43.1 Å². The molecule has 0 saturated heterocycles. The third kappa shape index (κ3) is 7.16. The van der Waals surface area contributed by atoms with Gasteiger partial charge in [0, 0.05) is 11.8 Å². The molecular formula is C34H58O4Si2. The van der Waals surface area contributed by atoms with Crippen LogP contribution in [0.3, 0.4) is 0 Å². The van der Waals surface area contributed by atoms with Crippen LogP contribution in [0.4, 0.5) is 0 Å². The quantitative estimate of drug-likeness (QED) is 0.151. The van der Waals surface area contributed by atoms with Crippen molar-refractivity contribution in [3.8, 4) is 5.75 Å². The van der Waals surface area contributed by atoms with Crippen LogP contribution in [-0.2, 0) is 20.2 Å². The second-order valence-corrected chi connectivity index (χ2v) is 23.1. The first-order chi connectivity index (χ1) is 19.1. The molecule has 226 valence electrons. The Morgan fingerprint density at radius 3 is 1.98 bits per heavy atom. The lowest BCUT2D eigenvalue weighted by atomic mass is 9.81. The van der Waals surface area contributed by atoms with Crippen molar-refractivity contribution in [3.63, 3.8) is 0 Å². The minimum absolute atomic E-state index is 0.0909. The standard InChI is InChI=1S/C34H58O4Si2/c1-11-39(12-2,13-3)37-33-22-19-29(24-36-23-28-17-20-30(35-10)21-18-28)31-15-14-16-32(33)34(31)38-40(25(4)5,26(6)7)27(8)9/h15,17-18,20-22,25-27,29,32,34H,11-14,16,19,23-24H2,1-10H3/t29-,32-,34-/m0/s1. The highest BCUT2D eigenvalue weighted by Crippen LogP contribution is 2.49. The normalized spacial score (nSPS) is 21.9. The Hall–Kier alpha value is -1.35. The summed E-state index contributed by atoms with van der Waals surface area (Å²) in [7, 11) is -2.21. The summed E-state index contributed by atoms with van der Waals surface area (Å²) in [5.41, 5.74) is 4.28. The minimum atomic E-state index is -2.10. The Bertz CT molecular complexity index is 948. The Kier molecular flexibility index (Phi) is 12.2. The summed E-state index contributed by atoms with van der Waals surface area (Å²) in [6.45, 7) is 22.7. The van der Waals surface area contributed by atoms with Gasteiger partial charge in [-0.1, -0.05) is 80.5 Å². The maximum Gasteiger partial charge on any atom is 0.250 e. The van der Waals surface area contributed by atoms with Crippen molar-refractivity contribution in [2.24, 2.45) is 11.8 Å². The van der Waals surface area contributed by atoms with E-state index in [9.17, 15) is 0 Å². The van der Waals surface area contributed by atoms with E-state index in [1.807, 2.05) is 12.1 Å². The monoisotopic (exact) mass is 586 g/mol. The Morgan fingerprint density at radius 1 is 0.850 bits per heavy atom. The second kappa shape index (κ2) is 14.7. The van der Waals surface area contributed by atoms with Gasteiger partial charge in [0.15, 0.2) is 0 Å². The molecule has 3 atom stereocenters. The SMILES string of the molecule is CC[Si](CC)(CC)OC1=CC[C@@H](COCc2ccc(OC)cc2)C2=CCC[C@@H]1[C@H]2O[Si](C(C)C)(C(C)C)C(C)C. The van der Waals surface area contributed by atoms with Gasteiger partial charge in [-0.25, -0.2) is 0 Å². The van der Waals surface area contributed by atoms with E-state index in [1.165, 1.54) is 16.9 Å². The molecule has 2 aliphatic carbocycles. The summed E-state index contributed by atoms with van der Waals surface area (Å²) in [5, 5.41) is 0. The Labute approximate surface area is 248 Å². The van der Waals surface area contributed by atoms with E-state index < -0.39 is 16.6 Å². The molecule has 1 aromatic carbocycles. The van der Waals surface area contributed by atoms with E-state index in [4.69, 9.17) is 18.3 Å². The first-order valence-corrected chi connectivity index (χ1v) is 20.7. The topological polar surface area (TPSA) is 36.9 Å². The molecule has 0 unspecified atom stereocenters. The molecule has 40 heavy (non-hydrogen) atoms. The zero-order valence-corrected chi connectivity index (χ0v) is 29.2. The average molecular weight is 587 g/mol. The zero-order valence-electron chi connectivity index (χ0n) is 27.2. The smallest absolute Gasteiger partial charge is 0.250 e. The lowest BCUT2D eigenvalue weighted by Crippen LogP contribution is -2.53. The number of fused-ring (bicyclic) bond motifs is 2. The van der Waals surface area contributed by atoms with Gasteiger partial charge in [0.25, 0.3) is 0 Å². The van der Waals surface area contributed by atoms with E-state index in [1.54, 1.807) is 7.11 Å². The maximum absolute atomic E-state index is 7.67. The first-order valence-electron chi connectivity index (χ1n) is 16.0. The predicted molar refractivity (Wildman–Crippen MR) is 174 cm³/mol. The third-order valence-corrected chi connectivity index (χ3v) is 20.7. The van der Waals surface area contributed by atoms with E-state index >= 15 is 0 Å². The van der Waals surface area contributed by atoms with E-state index in [-0.39, 0.29) is 6.10 Å². The molecule has 2 bridgehead atoms. The van der Waals surface area contributed by atoms with Crippen molar-refractivity contribution in [1.29, 1.82) is 0 Å². The fourth-order valence-corrected chi connectivity index (χ4v) is 15.7. The Balaban J connectivity index is 1.96. The van der Waals surface area contributed by atoms with Gasteiger partial charge in [-0.3, -0.25) is 0 Å². The lowest BCUT2D eigenvalue weighted by Gasteiger charge is -2.48. The van der Waals surface area contributed by atoms with Crippen LogP contribution in [0.1, 0.15) is 87.1 Å². The van der Waals surface area contributed by atoms with Gasteiger partial charge >= 0.3 is 0 Å². The molecule has 4 nitrogen and oxygen atoms in total. The summed E-state index contributed by atoms with van der Waals surface area (Å²) in [5.74, 6) is 2.74. The van der Waals surface area contributed by atoms with Crippen molar-refractivity contribution >= 4 is 16.6 Å². The summed E-state index contributed by atoms with van der Waals surface area (Å²) in [6.07, 6.45) is 8.20. The molecule has 0 saturated carbocycles. The van der Waals surface area contributed by atoms with Crippen LogP contribution in [0.5, 0.6) is 5.75 Å². The highest BCUT2D eigenvalue weighted by Gasteiger charge is 2.50. The summed E-state index contributed by atoms with van der Waals surface area (Å²) < 4.78 is 26.6. The molecular weight excluding hydrogens is 529 g/mol. The van der Waals surface area contributed by atoms with Crippen molar-refractivity contribution in [3.05, 3.63) is 53.3 Å². The molecule has 0 radical (unpaired) electrons. The number of hydrogen-bond acceptors (Lipinski definition) is 4. The minimum Gasteiger partial charge on any atom is -0.546 e. The zero-order chi connectivity index (χ0) is 29.5. The van der Waals surface area contributed by atoms with Crippen LogP contribution in [0.25, 0.3) is 0 Å². The van der Waals surface area contributed by atoms with Crippen molar-refractivity contribution < 1.29 is 18.3 Å². The average Bonchev–Trinajstić information content (AvgIpc) is 3.01. The highest BCUT2D eigenvalue weighted by atomic mass is 28.4. The molecule has 1 aromatic rings. The molecule has 0 fully saturated rings. The number of rotatable bonds is 15. The van der Waals surface area contributed by atoms with Gasteiger partial charge in [0.2, 0.25) is 16.6 Å². The summed E-state index contributed by atoms with van der Waals surface area (Å²) in [4.78, 5) is 0. The fourth-order valence-electron chi connectivity index (χ4n) is 7.48. The van der Waals surface area contributed by atoms with E-state index in [0.29, 0.717) is 41.7 Å². The molecule has 0 spiro atoms. The first kappa shape index (κ1) is 33.2. The molecule has 3 rings (SSSR count). The van der Waals surface area contributed by atoms with Crippen LogP contribution in [0.2, 0.25) is 34.8 Å². The highest BCUT2D eigenvalue weighted by molar-refractivity contribution is 6.77. The second-order valence-electron chi connectivity index (χ2n) is 13.0. The number of benzene rings is 1. The van der Waals surface area contributed by atoms with Crippen LogP contribution >= 0.6 is 0 Å². The molecule has 6 heteroatoms. The lowest BCUT2D eigenvalue weighted by molar-refractivity contribution is 0.0768. The van der Waals surface area contributed by atoms with Gasteiger partial charge in [-0.15, -0.1) is 0 Å². The molecule has 0 N–H and O–H groups in total. The molecule has 0 heterocycles. The van der Waals surface area contributed by atoms with Crippen molar-refractivity contribution in [2.75, 3.05) is 13.7 Å². The molecule has 0 amide bonds. The van der Waals surface area contributed by atoms with Crippen molar-refractivity contribution in [1.82, 2.24) is 0 Å². The van der Waals surface area contributed by atoms with Gasteiger partial charge in [0.05, 0.1) is 32.2 Å². The van der Waals surface area contributed by atoms with Crippen LogP contribution in [0, 0.1) is 11.8 Å². The van der Waals surface area contributed by atoms with Crippen molar-refractivity contribution in [2.45, 2.75) is 129 Å². The Morgan fingerprint density at radius 2 is 1.45 bits per heavy atom. The largest absolute Gasteiger partial charge is 0.546 e. The molecule has 2 aliphatic rings. The van der Waals surface area contributed by atoms with Crippen LogP contribution in [0.15, 0.2) is 47.7 Å². The summed E-state index contributed by atoms with van der Waals surface area (Å²) >= 11 is 0. The predicted octanol–water partition coefficient (Wildman–Crippen LogP) is 10.0. The molecule has 0 aromatic heterocycles. The van der Waals surface area contributed by atoms with Gasteiger partial charge < -0.3 is 18.3 Å². The van der Waals surface area contributed by atoms with E-state index in [2.05, 4.69) is 86.6 Å². The fraction of sp³-hybridized carbons (Fsp3) is 0.706. The molecule has 0 aliphatic heterocycles. The number of allylic oxidation sites excluding steroid dienone is 2. The van der Waals surface area contributed by atoms with Gasteiger partial charge in [0.1, 0.15) is 5.75 Å².